The molecule has 0 bridgehead atoms. The van der Waals surface area contributed by atoms with Gasteiger partial charge in [0.1, 0.15) is 5.75 Å². The van der Waals surface area contributed by atoms with Crippen LogP contribution in [0.3, 0.4) is 0 Å². The second-order valence-corrected chi connectivity index (χ2v) is 12.4. The van der Waals surface area contributed by atoms with Crippen LogP contribution in [0.5, 0.6) is 5.75 Å². The van der Waals surface area contributed by atoms with Gasteiger partial charge in [0, 0.05) is 23.4 Å². The van der Waals surface area contributed by atoms with Crippen molar-refractivity contribution < 1.29 is 34.2 Å². The maximum absolute atomic E-state index is 13.9. The Morgan fingerprint density at radius 2 is 1.73 bits per heavy atom. The molecule has 0 aromatic heterocycles. The van der Waals surface area contributed by atoms with Gasteiger partial charge in [-0.25, -0.2) is 0 Å². The number of amides is 4. The van der Waals surface area contributed by atoms with E-state index in [4.69, 9.17) is 28.3 Å². The average molecular weight is 650 g/mol. The first kappa shape index (κ1) is 27.2. The summed E-state index contributed by atoms with van der Waals surface area (Å²) in [6, 6.07) is 10.5. The molecule has 2 aliphatic heterocycles. The van der Waals surface area contributed by atoms with E-state index >= 15 is 0 Å². The van der Waals surface area contributed by atoms with E-state index in [1.807, 2.05) is 12.1 Å². The number of carboxylic acids is 1. The lowest BCUT2D eigenvalue weighted by Gasteiger charge is -2.50. The first-order valence-corrected chi connectivity index (χ1v) is 14.6. The summed E-state index contributed by atoms with van der Waals surface area (Å²) in [6.45, 7) is -0.267. The molecule has 6 atom stereocenters. The smallest absolute Gasteiger partial charge is 0.305 e. The Kier molecular flexibility index (Phi) is 6.32. The van der Waals surface area contributed by atoms with Crippen molar-refractivity contribution in [2.24, 2.45) is 17.8 Å². The zero-order valence-electron chi connectivity index (χ0n) is 20.9. The zero-order chi connectivity index (χ0) is 28.7. The number of halogens is 3. The standard InChI is InChI=1S/C28H23BrCl2N2O7/c29-12-33-25(39)27(30)11-18-15(7-8-16-20(18)24(38)32(23(16)37)10-9-19(34)35)21(28(27,31)26(33)40)17-6-5-13-3-1-2-4-14(13)22(17)36/h1-7,16,18,20-21,36H,8-12H2,(H,34,35)/t16-,18+,20-,21+,27+,28-/m0/s1. The number of allylic oxidation sites excluding steroid dienone is 2. The summed E-state index contributed by atoms with van der Waals surface area (Å²) in [4.78, 5) is 63.5. The van der Waals surface area contributed by atoms with Crippen LogP contribution in [0.25, 0.3) is 10.8 Å². The number of imide groups is 2. The molecule has 2 aromatic carbocycles. The first-order valence-electron chi connectivity index (χ1n) is 12.7. The number of hydrogen-bond donors (Lipinski definition) is 2. The molecule has 2 aromatic rings. The van der Waals surface area contributed by atoms with Crippen molar-refractivity contribution in [2.45, 2.75) is 34.9 Å². The number of likely N-dealkylation sites (tertiary alicyclic amines) is 2. The molecule has 6 rings (SSSR count). The van der Waals surface area contributed by atoms with E-state index in [1.165, 1.54) is 0 Å². The summed E-state index contributed by atoms with van der Waals surface area (Å²) < 4.78 is 0. The largest absolute Gasteiger partial charge is 0.507 e. The van der Waals surface area contributed by atoms with Crippen LogP contribution < -0.4 is 0 Å². The van der Waals surface area contributed by atoms with Crippen molar-refractivity contribution in [3.8, 4) is 5.75 Å². The molecule has 0 spiro atoms. The van der Waals surface area contributed by atoms with E-state index < -0.39 is 69.4 Å². The maximum atomic E-state index is 13.9. The van der Waals surface area contributed by atoms with Crippen LogP contribution in [-0.2, 0) is 24.0 Å². The van der Waals surface area contributed by atoms with Gasteiger partial charge in [0.05, 0.1) is 23.7 Å². The number of nitrogens with zero attached hydrogens (tertiary/aromatic N) is 2. The van der Waals surface area contributed by atoms with Crippen molar-refractivity contribution in [3.63, 3.8) is 0 Å². The predicted octanol–water partition coefficient (Wildman–Crippen LogP) is 3.73. The number of benzene rings is 2. The lowest BCUT2D eigenvalue weighted by atomic mass is 9.56. The molecule has 4 aliphatic rings. The van der Waals surface area contributed by atoms with Crippen LogP contribution >= 0.6 is 39.1 Å². The van der Waals surface area contributed by atoms with Crippen LogP contribution in [0.2, 0.25) is 0 Å². The summed E-state index contributed by atoms with van der Waals surface area (Å²) in [7, 11) is 0. The van der Waals surface area contributed by atoms with E-state index in [0.717, 1.165) is 15.2 Å². The van der Waals surface area contributed by atoms with E-state index in [-0.39, 0.29) is 36.2 Å². The summed E-state index contributed by atoms with van der Waals surface area (Å²) in [6.07, 6.45) is 1.34. The van der Waals surface area contributed by atoms with E-state index in [9.17, 15) is 29.1 Å². The SMILES string of the molecule is O=C(O)CCN1C(=O)[C@H]2[C@H](CC=C3[C@H]2C[C@@]2(Cl)C(=O)N(CBr)C(=O)[C@@]2(Cl)[C@H]3c2ccc3ccccc3c2O)C1=O. The number of rotatable bonds is 5. The monoisotopic (exact) mass is 648 g/mol. The Labute approximate surface area is 246 Å². The number of phenolic OH excluding ortho intramolecular Hbond substituents is 1. The Morgan fingerprint density at radius 1 is 1.00 bits per heavy atom. The Hall–Kier alpha value is -2.95. The maximum Gasteiger partial charge on any atom is 0.305 e. The highest BCUT2D eigenvalue weighted by molar-refractivity contribution is 9.09. The molecule has 2 N–H and O–H groups in total. The summed E-state index contributed by atoms with van der Waals surface area (Å²) in [5.41, 5.74) is 0.683. The number of alkyl halides is 3. The van der Waals surface area contributed by atoms with Crippen LogP contribution in [0.15, 0.2) is 48.0 Å². The number of fused-ring (bicyclic) bond motifs is 5. The minimum atomic E-state index is -2.02. The Balaban J connectivity index is 1.55. The van der Waals surface area contributed by atoms with Crippen LogP contribution in [0, 0.1) is 17.8 Å². The van der Waals surface area contributed by atoms with Gasteiger partial charge in [-0.3, -0.25) is 33.8 Å². The molecule has 40 heavy (non-hydrogen) atoms. The van der Waals surface area contributed by atoms with Gasteiger partial charge < -0.3 is 10.2 Å². The molecule has 1 saturated carbocycles. The molecule has 0 radical (unpaired) electrons. The number of phenols is 1. The fraction of sp³-hybridized carbons (Fsp3) is 0.393. The van der Waals surface area contributed by atoms with Crippen molar-refractivity contribution in [2.75, 3.05) is 12.0 Å². The normalized spacial score (nSPS) is 33.2. The van der Waals surface area contributed by atoms with Crippen LogP contribution in [-0.4, -0.2) is 71.4 Å². The second-order valence-electron chi connectivity index (χ2n) is 10.7. The minimum absolute atomic E-state index is 0.125. The summed E-state index contributed by atoms with van der Waals surface area (Å²) in [5.74, 6) is -7.24. The molecular formula is C28H23BrCl2N2O7. The van der Waals surface area contributed by atoms with Gasteiger partial charge in [-0.05, 0) is 24.1 Å². The highest BCUT2D eigenvalue weighted by Crippen LogP contribution is 2.66. The molecule has 2 aliphatic carbocycles. The molecule has 0 unspecified atom stereocenters. The molecule has 4 amide bonds. The van der Waals surface area contributed by atoms with Gasteiger partial charge in [-0.15, -0.1) is 23.2 Å². The average Bonchev–Trinajstić information content (AvgIpc) is 3.25. The highest BCUT2D eigenvalue weighted by Gasteiger charge is 2.76. The third-order valence-electron chi connectivity index (χ3n) is 8.90. The fourth-order valence-corrected chi connectivity index (χ4v) is 8.51. The first-order chi connectivity index (χ1) is 19.0. The third-order valence-corrected chi connectivity index (χ3v) is 10.8. The number of hydrogen-bond acceptors (Lipinski definition) is 6. The molecule has 3 fully saturated rings. The lowest BCUT2D eigenvalue weighted by molar-refractivity contribution is -0.143. The van der Waals surface area contributed by atoms with E-state index in [2.05, 4.69) is 15.9 Å². The summed E-state index contributed by atoms with van der Waals surface area (Å²) in [5, 5.41) is 21.9. The van der Waals surface area contributed by atoms with Crippen molar-refractivity contribution in [1.29, 1.82) is 0 Å². The number of aromatic hydroxyl groups is 1. The predicted molar refractivity (Wildman–Crippen MR) is 148 cm³/mol. The molecule has 208 valence electrons. The number of carbonyl (C=O) groups excluding carboxylic acids is 4. The third kappa shape index (κ3) is 3.42. The van der Waals surface area contributed by atoms with Crippen LogP contribution in [0.1, 0.15) is 30.7 Å². The molecule has 2 saturated heterocycles. The number of aliphatic carboxylic acids is 1. The second kappa shape index (κ2) is 9.29. The summed E-state index contributed by atoms with van der Waals surface area (Å²) >= 11 is 17.6. The van der Waals surface area contributed by atoms with E-state index in [0.29, 0.717) is 11.0 Å². The van der Waals surface area contributed by atoms with Gasteiger partial charge in [0.25, 0.3) is 11.8 Å². The minimum Gasteiger partial charge on any atom is -0.507 e. The van der Waals surface area contributed by atoms with Crippen molar-refractivity contribution in [1.82, 2.24) is 9.80 Å². The van der Waals surface area contributed by atoms with Crippen molar-refractivity contribution >= 4 is 79.5 Å². The van der Waals surface area contributed by atoms with Gasteiger partial charge in [0.2, 0.25) is 11.8 Å². The fourth-order valence-electron chi connectivity index (χ4n) is 7.10. The van der Waals surface area contributed by atoms with Crippen LogP contribution in [0.4, 0.5) is 0 Å². The quantitative estimate of drug-likeness (QED) is 0.218. The molecule has 9 nitrogen and oxygen atoms in total. The van der Waals surface area contributed by atoms with Gasteiger partial charge in [-0.2, -0.15) is 0 Å². The molecule has 2 heterocycles. The number of carboxylic acid groups (broad SMARTS) is 1. The topological polar surface area (TPSA) is 132 Å². The Morgan fingerprint density at radius 3 is 2.42 bits per heavy atom. The highest BCUT2D eigenvalue weighted by atomic mass is 79.9. The van der Waals surface area contributed by atoms with Crippen molar-refractivity contribution in [3.05, 3.63) is 53.6 Å². The van der Waals surface area contributed by atoms with Gasteiger partial charge >= 0.3 is 5.97 Å². The number of carbonyl (C=O) groups is 5. The molecular weight excluding hydrogens is 627 g/mol. The van der Waals surface area contributed by atoms with Gasteiger partial charge in [-0.1, -0.05) is 64.0 Å². The zero-order valence-corrected chi connectivity index (χ0v) is 23.9. The van der Waals surface area contributed by atoms with E-state index in [1.54, 1.807) is 30.3 Å². The Bertz CT molecular complexity index is 1560. The van der Waals surface area contributed by atoms with Gasteiger partial charge in [0.15, 0.2) is 9.75 Å². The lowest BCUT2D eigenvalue weighted by Crippen LogP contribution is -2.60. The molecule has 12 heteroatoms.